The van der Waals surface area contributed by atoms with Crippen LogP contribution in [0.1, 0.15) is 115 Å². The van der Waals surface area contributed by atoms with Crippen molar-refractivity contribution < 1.29 is 44.2 Å². The number of esters is 1. The molecule has 1 amide bonds. The van der Waals surface area contributed by atoms with Crippen LogP contribution in [-0.2, 0) is 25.5 Å². The van der Waals surface area contributed by atoms with E-state index in [1.807, 2.05) is 0 Å². The summed E-state index contributed by atoms with van der Waals surface area (Å²) in [5, 5.41) is 42.2. The molecule has 1 aromatic carbocycles. The van der Waals surface area contributed by atoms with E-state index < -0.39 is 49.3 Å². The molecular formula is C34H57NO9. The number of rotatable bonds is 23. The number of amides is 1. The van der Waals surface area contributed by atoms with Gasteiger partial charge in [0, 0.05) is 12.8 Å². The van der Waals surface area contributed by atoms with E-state index in [1.165, 1.54) is 84.2 Å². The average Bonchev–Trinajstić information content (AvgIpc) is 3.03. The molecule has 1 saturated heterocycles. The molecule has 0 unspecified atom stereocenters. The van der Waals surface area contributed by atoms with E-state index in [0.717, 1.165) is 24.8 Å². The molecule has 0 radical (unpaired) electrons. The molecule has 1 aliphatic rings. The van der Waals surface area contributed by atoms with Crippen LogP contribution in [-0.4, -0.2) is 82.8 Å². The molecule has 44 heavy (non-hydrogen) atoms. The largest absolute Gasteiger partial charge is 0.467 e. The van der Waals surface area contributed by atoms with Gasteiger partial charge in [-0.15, -0.1) is 0 Å². The average molecular weight is 624 g/mol. The number of hydrogen-bond donors (Lipinski definition) is 5. The van der Waals surface area contributed by atoms with Gasteiger partial charge in [0.15, 0.2) is 0 Å². The van der Waals surface area contributed by atoms with Gasteiger partial charge in [-0.3, -0.25) is 4.79 Å². The Balaban J connectivity index is 1.64. The van der Waals surface area contributed by atoms with Gasteiger partial charge in [0.2, 0.25) is 12.2 Å². The first-order valence-corrected chi connectivity index (χ1v) is 16.7. The summed E-state index contributed by atoms with van der Waals surface area (Å²) in [4.78, 5) is 24.9. The number of aliphatic hydroxyl groups is 4. The molecule has 10 nitrogen and oxygen atoms in total. The van der Waals surface area contributed by atoms with Gasteiger partial charge in [-0.2, -0.15) is 0 Å². The highest BCUT2D eigenvalue weighted by Crippen LogP contribution is 2.25. The highest BCUT2D eigenvalue weighted by atomic mass is 16.7. The second kappa shape index (κ2) is 22.3. The zero-order chi connectivity index (χ0) is 32.2. The second-order valence-corrected chi connectivity index (χ2v) is 12.0. The minimum Gasteiger partial charge on any atom is -0.467 e. The van der Waals surface area contributed by atoms with E-state index in [1.54, 1.807) is 24.3 Å². The van der Waals surface area contributed by atoms with Crippen molar-refractivity contribution in [3.63, 3.8) is 0 Å². The zero-order valence-electron chi connectivity index (χ0n) is 26.8. The SMILES string of the molecule is CCCCCCCCCCCCCCCCCC(=O)N[C@@H](Cc1ccc(O[C@@H]2O[C@H](CO)[C@@H](O)[C@H](O)[C@H]2O)cc1)C(=O)OC. The lowest BCUT2D eigenvalue weighted by Gasteiger charge is -2.39. The summed E-state index contributed by atoms with van der Waals surface area (Å²) in [7, 11) is 1.29. The third kappa shape index (κ3) is 14.2. The maximum atomic E-state index is 12.6. The third-order valence-electron chi connectivity index (χ3n) is 8.29. The molecule has 10 heteroatoms. The minimum absolute atomic E-state index is 0.183. The van der Waals surface area contributed by atoms with Crippen molar-refractivity contribution >= 4 is 11.9 Å². The van der Waals surface area contributed by atoms with E-state index in [9.17, 15) is 30.0 Å². The monoisotopic (exact) mass is 623 g/mol. The van der Waals surface area contributed by atoms with Crippen molar-refractivity contribution in [2.24, 2.45) is 0 Å². The Hall–Kier alpha value is -2.24. The quantitative estimate of drug-likeness (QED) is 0.0885. The maximum absolute atomic E-state index is 12.6. The van der Waals surface area contributed by atoms with Crippen molar-refractivity contribution in [3.05, 3.63) is 29.8 Å². The fraction of sp³-hybridized carbons (Fsp3) is 0.765. The second-order valence-electron chi connectivity index (χ2n) is 12.0. The Labute approximate surface area is 263 Å². The van der Waals surface area contributed by atoms with E-state index >= 15 is 0 Å². The number of nitrogens with one attached hydrogen (secondary N) is 1. The molecule has 0 aliphatic carbocycles. The maximum Gasteiger partial charge on any atom is 0.328 e. The fourth-order valence-corrected chi connectivity index (χ4v) is 5.50. The van der Waals surface area contributed by atoms with Crippen LogP contribution in [0.15, 0.2) is 24.3 Å². The highest BCUT2D eigenvalue weighted by molar-refractivity contribution is 5.84. The molecule has 6 atom stereocenters. The molecule has 2 rings (SSSR count). The van der Waals surface area contributed by atoms with Crippen LogP contribution in [0.5, 0.6) is 5.75 Å². The lowest BCUT2D eigenvalue weighted by atomic mass is 9.99. The van der Waals surface area contributed by atoms with Crippen molar-refractivity contribution in [1.82, 2.24) is 5.32 Å². The normalized spacial score (nSPS) is 22.4. The molecule has 1 heterocycles. The third-order valence-corrected chi connectivity index (χ3v) is 8.29. The van der Waals surface area contributed by atoms with Gasteiger partial charge >= 0.3 is 5.97 Å². The molecule has 252 valence electrons. The first-order chi connectivity index (χ1) is 21.3. The van der Waals surface area contributed by atoms with Gasteiger partial charge in [-0.05, 0) is 24.1 Å². The summed E-state index contributed by atoms with van der Waals surface area (Å²) in [6, 6.07) is 5.78. The van der Waals surface area contributed by atoms with Crippen LogP contribution in [0, 0.1) is 0 Å². The Morgan fingerprint density at radius 2 is 1.32 bits per heavy atom. The Kier molecular flexibility index (Phi) is 19.2. The molecule has 0 aromatic heterocycles. The minimum atomic E-state index is -1.54. The lowest BCUT2D eigenvalue weighted by molar-refractivity contribution is -0.277. The summed E-state index contributed by atoms with van der Waals surface area (Å²) in [6.07, 6.45) is 12.5. The smallest absolute Gasteiger partial charge is 0.328 e. The Bertz CT molecular complexity index is 911. The van der Waals surface area contributed by atoms with Crippen LogP contribution in [0.4, 0.5) is 0 Å². The predicted octanol–water partition coefficient (Wildman–Crippen LogP) is 4.33. The molecular weight excluding hydrogens is 566 g/mol. The fourth-order valence-electron chi connectivity index (χ4n) is 5.50. The van der Waals surface area contributed by atoms with Crippen LogP contribution in [0.2, 0.25) is 0 Å². The standard InChI is InChI=1S/C34H57NO9/c1-3-4-5-6-7-8-9-10-11-12-13-14-15-16-17-18-29(37)35-27(33(41)42-2)23-25-19-21-26(22-20-25)43-34-32(40)31(39)30(38)28(24-36)44-34/h19-22,27-28,30-32,34,36,38-40H,3-18,23-24H2,1-2H3,(H,35,37)/t27-,28+,30+,31-,32+,34+/m0/s1. The molecule has 5 N–H and O–H groups in total. The van der Waals surface area contributed by atoms with Crippen LogP contribution in [0.25, 0.3) is 0 Å². The number of unbranched alkanes of at least 4 members (excludes halogenated alkanes) is 14. The van der Waals surface area contributed by atoms with Crippen LogP contribution < -0.4 is 10.1 Å². The van der Waals surface area contributed by atoms with Crippen molar-refractivity contribution in [2.75, 3.05) is 13.7 Å². The topological polar surface area (TPSA) is 155 Å². The van der Waals surface area contributed by atoms with Gasteiger partial charge in [0.1, 0.15) is 36.2 Å². The number of benzene rings is 1. The molecule has 0 bridgehead atoms. The van der Waals surface area contributed by atoms with E-state index in [0.29, 0.717) is 12.2 Å². The summed E-state index contributed by atoms with van der Waals surface area (Å²) in [5.41, 5.74) is 0.744. The van der Waals surface area contributed by atoms with Gasteiger partial charge in [0.25, 0.3) is 0 Å². The van der Waals surface area contributed by atoms with Gasteiger partial charge < -0.3 is 40.0 Å². The van der Waals surface area contributed by atoms with Crippen LogP contribution in [0.3, 0.4) is 0 Å². The van der Waals surface area contributed by atoms with Gasteiger partial charge in [0.05, 0.1) is 13.7 Å². The predicted molar refractivity (Wildman–Crippen MR) is 168 cm³/mol. The summed E-state index contributed by atoms with van der Waals surface area (Å²) >= 11 is 0. The van der Waals surface area contributed by atoms with E-state index in [4.69, 9.17) is 14.2 Å². The van der Waals surface area contributed by atoms with Crippen molar-refractivity contribution in [2.45, 2.75) is 153 Å². The Morgan fingerprint density at radius 1 is 0.795 bits per heavy atom. The van der Waals surface area contributed by atoms with Gasteiger partial charge in [-0.25, -0.2) is 4.79 Å². The molecule has 0 saturated carbocycles. The number of ether oxygens (including phenoxy) is 3. The number of methoxy groups -OCH3 is 1. The highest BCUT2D eigenvalue weighted by Gasteiger charge is 2.44. The molecule has 0 spiro atoms. The first-order valence-electron chi connectivity index (χ1n) is 16.7. The van der Waals surface area contributed by atoms with Crippen molar-refractivity contribution in [1.29, 1.82) is 0 Å². The number of carbonyl (C=O) groups excluding carboxylic acids is 2. The van der Waals surface area contributed by atoms with Crippen molar-refractivity contribution in [3.8, 4) is 5.75 Å². The number of hydrogen-bond acceptors (Lipinski definition) is 9. The summed E-state index contributed by atoms with van der Waals surface area (Å²) in [6.45, 7) is 1.70. The Morgan fingerprint density at radius 3 is 1.82 bits per heavy atom. The molecule has 1 aromatic rings. The van der Waals surface area contributed by atoms with Gasteiger partial charge in [-0.1, -0.05) is 109 Å². The zero-order valence-corrected chi connectivity index (χ0v) is 26.8. The lowest BCUT2D eigenvalue weighted by Crippen LogP contribution is -2.60. The number of aliphatic hydroxyl groups excluding tert-OH is 4. The van der Waals surface area contributed by atoms with Crippen LogP contribution >= 0.6 is 0 Å². The summed E-state index contributed by atoms with van der Waals surface area (Å²) in [5.74, 6) is -0.404. The van der Waals surface area contributed by atoms with E-state index in [2.05, 4.69) is 12.2 Å². The van der Waals surface area contributed by atoms with E-state index in [-0.39, 0.29) is 12.3 Å². The first kappa shape index (κ1) is 37.9. The summed E-state index contributed by atoms with van der Waals surface area (Å²) < 4.78 is 15.9. The molecule has 1 aliphatic heterocycles. The molecule has 1 fully saturated rings. The number of carbonyl (C=O) groups is 2.